The van der Waals surface area contributed by atoms with E-state index >= 15 is 0 Å². The second-order valence-corrected chi connectivity index (χ2v) is 7.56. The molecule has 0 spiro atoms. The first kappa shape index (κ1) is 17.7. The number of benzene rings is 2. The maximum Gasteiger partial charge on any atom is 0.261 e. The molecule has 5 rings (SSSR count). The van der Waals surface area contributed by atoms with Crippen molar-refractivity contribution in [1.29, 1.82) is 0 Å². The van der Waals surface area contributed by atoms with E-state index in [0.717, 1.165) is 18.5 Å². The Hall–Kier alpha value is -3.41. The number of aromatic amines is 1. The molecule has 1 N–H and O–H groups in total. The van der Waals surface area contributed by atoms with Gasteiger partial charge in [-0.2, -0.15) is 0 Å². The summed E-state index contributed by atoms with van der Waals surface area (Å²) in [6, 6.07) is 15.6. The largest absolute Gasteiger partial charge is 0.358 e. The van der Waals surface area contributed by atoms with Gasteiger partial charge in [-0.25, -0.2) is 4.98 Å². The van der Waals surface area contributed by atoms with Crippen molar-refractivity contribution in [1.82, 2.24) is 19.4 Å². The third-order valence-corrected chi connectivity index (χ3v) is 5.76. The van der Waals surface area contributed by atoms with Gasteiger partial charge in [0.2, 0.25) is 5.91 Å². The zero-order valence-electron chi connectivity index (χ0n) is 16.1. The molecule has 3 heterocycles. The van der Waals surface area contributed by atoms with Crippen molar-refractivity contribution in [2.45, 2.75) is 32.4 Å². The first-order chi connectivity index (χ1) is 14.2. The van der Waals surface area contributed by atoms with Crippen LogP contribution >= 0.6 is 0 Å². The van der Waals surface area contributed by atoms with E-state index in [1.54, 1.807) is 17.0 Å². The lowest BCUT2D eigenvalue weighted by molar-refractivity contribution is -0.132. The van der Waals surface area contributed by atoms with E-state index in [-0.39, 0.29) is 11.5 Å². The number of carbonyl (C=O) groups is 1. The van der Waals surface area contributed by atoms with E-state index in [1.165, 1.54) is 16.6 Å². The number of hydrogen-bond acceptors (Lipinski definition) is 3. The number of nitrogens with one attached hydrogen (secondary N) is 1. The Bertz CT molecular complexity index is 1270. The van der Waals surface area contributed by atoms with E-state index in [4.69, 9.17) is 0 Å². The molecule has 2 aromatic carbocycles. The molecule has 0 bridgehead atoms. The predicted octanol–water partition coefficient (Wildman–Crippen LogP) is 3.24. The number of nitrogens with zero attached hydrogens (tertiary/aromatic N) is 3. The quantitative estimate of drug-likeness (QED) is 0.585. The van der Waals surface area contributed by atoms with Crippen molar-refractivity contribution in [3.05, 3.63) is 76.5 Å². The molecule has 0 radical (unpaired) electrons. The van der Waals surface area contributed by atoms with Gasteiger partial charge in [0.25, 0.3) is 5.56 Å². The predicted molar refractivity (Wildman–Crippen MR) is 113 cm³/mol. The number of hydrogen-bond donors (Lipinski definition) is 1. The van der Waals surface area contributed by atoms with Gasteiger partial charge in [0.1, 0.15) is 0 Å². The first-order valence-corrected chi connectivity index (χ1v) is 10.0. The van der Waals surface area contributed by atoms with Crippen LogP contribution in [-0.2, 0) is 24.3 Å². The number of para-hydroxylation sites is 2. The maximum atomic E-state index is 12.8. The van der Waals surface area contributed by atoms with E-state index in [2.05, 4.69) is 22.1 Å². The molecule has 0 aliphatic carbocycles. The van der Waals surface area contributed by atoms with Crippen LogP contribution < -0.4 is 5.56 Å². The lowest BCUT2D eigenvalue weighted by atomic mass is 10.0. The molecular weight excluding hydrogens is 364 g/mol. The van der Waals surface area contributed by atoms with Crippen molar-refractivity contribution in [2.75, 3.05) is 6.54 Å². The monoisotopic (exact) mass is 386 g/mol. The second-order valence-electron chi connectivity index (χ2n) is 7.56. The van der Waals surface area contributed by atoms with Crippen LogP contribution in [0.5, 0.6) is 0 Å². The minimum Gasteiger partial charge on any atom is -0.358 e. The number of carbonyl (C=O) groups excluding carboxylic acids is 1. The van der Waals surface area contributed by atoms with Crippen LogP contribution in [0.25, 0.3) is 21.8 Å². The Balaban J connectivity index is 1.25. The molecule has 146 valence electrons. The Morgan fingerprint density at radius 1 is 1.07 bits per heavy atom. The highest BCUT2D eigenvalue weighted by molar-refractivity contribution is 5.86. The lowest BCUT2D eigenvalue weighted by Crippen LogP contribution is -2.35. The molecule has 29 heavy (non-hydrogen) atoms. The molecule has 6 heteroatoms. The fourth-order valence-corrected chi connectivity index (χ4v) is 4.20. The summed E-state index contributed by atoms with van der Waals surface area (Å²) in [5.74, 6) is 0.141. The van der Waals surface area contributed by atoms with Gasteiger partial charge in [0.15, 0.2) is 0 Å². The summed E-state index contributed by atoms with van der Waals surface area (Å²) in [4.78, 5) is 35.1. The topological polar surface area (TPSA) is 71.0 Å². The summed E-state index contributed by atoms with van der Waals surface area (Å²) >= 11 is 0. The number of amides is 1. The second kappa shape index (κ2) is 7.20. The van der Waals surface area contributed by atoms with Crippen molar-refractivity contribution >= 4 is 27.7 Å². The molecule has 1 aliphatic rings. The maximum absolute atomic E-state index is 12.8. The molecule has 0 atom stereocenters. The van der Waals surface area contributed by atoms with Crippen LogP contribution in [0.15, 0.2) is 59.7 Å². The van der Waals surface area contributed by atoms with Crippen LogP contribution in [-0.4, -0.2) is 31.9 Å². The van der Waals surface area contributed by atoms with Crippen molar-refractivity contribution in [2.24, 2.45) is 0 Å². The normalized spacial score (nSPS) is 13.7. The van der Waals surface area contributed by atoms with Crippen molar-refractivity contribution in [3.8, 4) is 0 Å². The lowest BCUT2D eigenvalue weighted by Gasteiger charge is -2.27. The van der Waals surface area contributed by atoms with Gasteiger partial charge in [0.05, 0.1) is 17.2 Å². The average Bonchev–Trinajstić information content (AvgIpc) is 3.13. The summed E-state index contributed by atoms with van der Waals surface area (Å²) in [5.41, 5.74) is 4.26. The van der Waals surface area contributed by atoms with Crippen LogP contribution in [0, 0.1) is 0 Å². The van der Waals surface area contributed by atoms with Crippen LogP contribution in [0.3, 0.4) is 0 Å². The number of aryl methyl sites for hydroxylation is 1. The number of rotatable bonds is 4. The smallest absolute Gasteiger partial charge is 0.261 e. The van der Waals surface area contributed by atoms with Crippen LogP contribution in [0.1, 0.15) is 24.1 Å². The molecule has 1 amide bonds. The molecule has 0 unspecified atom stereocenters. The van der Waals surface area contributed by atoms with Gasteiger partial charge in [0, 0.05) is 54.6 Å². The molecule has 1 aliphatic heterocycles. The van der Waals surface area contributed by atoms with Crippen LogP contribution in [0.4, 0.5) is 0 Å². The fraction of sp³-hybridized carbons (Fsp3) is 0.261. The fourth-order valence-electron chi connectivity index (χ4n) is 4.20. The number of aromatic nitrogens is 3. The van der Waals surface area contributed by atoms with E-state index in [0.29, 0.717) is 36.8 Å². The summed E-state index contributed by atoms with van der Waals surface area (Å²) in [6.45, 7) is 1.88. The highest BCUT2D eigenvalue weighted by Crippen LogP contribution is 2.27. The zero-order chi connectivity index (χ0) is 19.8. The highest BCUT2D eigenvalue weighted by Gasteiger charge is 2.23. The van der Waals surface area contributed by atoms with Gasteiger partial charge in [-0.15, -0.1) is 0 Å². The molecule has 2 aromatic heterocycles. The van der Waals surface area contributed by atoms with E-state index < -0.39 is 0 Å². The van der Waals surface area contributed by atoms with Crippen molar-refractivity contribution < 1.29 is 4.79 Å². The summed E-state index contributed by atoms with van der Waals surface area (Å²) in [7, 11) is 0. The van der Waals surface area contributed by atoms with Crippen LogP contribution in [0.2, 0.25) is 0 Å². The molecule has 0 saturated heterocycles. The Labute approximate surface area is 167 Å². The third kappa shape index (κ3) is 3.20. The van der Waals surface area contributed by atoms with Gasteiger partial charge >= 0.3 is 0 Å². The van der Waals surface area contributed by atoms with Gasteiger partial charge in [-0.05, 0) is 24.6 Å². The Morgan fingerprint density at radius 3 is 2.76 bits per heavy atom. The average molecular weight is 386 g/mol. The summed E-state index contributed by atoms with van der Waals surface area (Å²) < 4.78 is 1.60. The first-order valence-electron chi connectivity index (χ1n) is 10.0. The molecular formula is C23H22N4O2. The Kier molecular flexibility index (Phi) is 4.39. The summed E-state index contributed by atoms with van der Waals surface area (Å²) in [6.07, 6.45) is 3.48. The SMILES string of the molecule is O=C(CCCn1cnc2ccccc2c1=O)N1CCc2[nH]c3ccccc3c2C1. The van der Waals surface area contributed by atoms with Crippen molar-refractivity contribution in [3.63, 3.8) is 0 Å². The molecule has 4 aromatic rings. The molecule has 0 fully saturated rings. The minimum absolute atomic E-state index is 0.0514. The number of H-pyrrole nitrogens is 1. The van der Waals surface area contributed by atoms with Gasteiger partial charge in [-0.1, -0.05) is 30.3 Å². The minimum atomic E-state index is -0.0514. The standard InChI is InChI=1S/C23H22N4O2/c28-22(10-5-12-27-15-24-19-8-3-2-7-17(19)23(27)29)26-13-11-21-18(14-26)16-6-1-4-9-20(16)25-21/h1-4,6-9,15,25H,5,10-14H2. The van der Waals surface area contributed by atoms with Gasteiger partial charge < -0.3 is 9.88 Å². The van der Waals surface area contributed by atoms with Gasteiger partial charge in [-0.3, -0.25) is 14.2 Å². The van der Waals surface area contributed by atoms with E-state index in [9.17, 15) is 9.59 Å². The number of fused-ring (bicyclic) bond motifs is 4. The molecule has 6 nitrogen and oxygen atoms in total. The third-order valence-electron chi connectivity index (χ3n) is 5.76. The molecule has 0 saturated carbocycles. The Morgan fingerprint density at radius 2 is 1.86 bits per heavy atom. The zero-order valence-corrected chi connectivity index (χ0v) is 16.1. The van der Waals surface area contributed by atoms with E-state index in [1.807, 2.05) is 35.2 Å². The summed E-state index contributed by atoms with van der Waals surface area (Å²) in [5, 5.41) is 1.82. The highest BCUT2D eigenvalue weighted by atomic mass is 16.2.